The molecule has 0 aromatic carbocycles. The summed E-state index contributed by atoms with van der Waals surface area (Å²) in [7, 11) is 0. The lowest BCUT2D eigenvalue weighted by Crippen LogP contribution is -2.26. The fourth-order valence-corrected chi connectivity index (χ4v) is 2.91. The van der Waals surface area contributed by atoms with Gasteiger partial charge in [0.05, 0.1) is 0 Å². The zero-order valence-corrected chi connectivity index (χ0v) is 12.6. The fraction of sp³-hybridized carbons (Fsp3) is 0.400. The van der Waals surface area contributed by atoms with Gasteiger partial charge in [0.1, 0.15) is 0 Å². The van der Waals surface area contributed by atoms with E-state index in [1.807, 2.05) is 0 Å². The minimum Gasteiger partial charge on any atom is -0.398 e. The maximum Gasteiger partial charge on any atom is 0.250 e. The van der Waals surface area contributed by atoms with Gasteiger partial charge in [0.25, 0.3) is 5.56 Å². The zero-order chi connectivity index (χ0) is 14.4. The summed E-state index contributed by atoms with van der Waals surface area (Å²) >= 11 is 1.79. The molecule has 0 saturated heterocycles. The van der Waals surface area contributed by atoms with Crippen LogP contribution in [-0.2, 0) is 13.1 Å². The van der Waals surface area contributed by atoms with Gasteiger partial charge >= 0.3 is 0 Å². The van der Waals surface area contributed by atoms with Gasteiger partial charge in [-0.3, -0.25) is 9.69 Å². The first-order valence-corrected chi connectivity index (χ1v) is 7.77. The number of hydrogen-bond acceptors (Lipinski definition) is 4. The molecule has 20 heavy (non-hydrogen) atoms. The predicted octanol–water partition coefficient (Wildman–Crippen LogP) is 2.40. The number of aromatic nitrogens is 1. The van der Waals surface area contributed by atoms with Gasteiger partial charge in [-0.1, -0.05) is 13.0 Å². The number of anilines is 1. The number of thiophene rings is 1. The van der Waals surface area contributed by atoms with Gasteiger partial charge < -0.3 is 10.3 Å². The van der Waals surface area contributed by atoms with Crippen LogP contribution in [-0.4, -0.2) is 22.6 Å². The van der Waals surface area contributed by atoms with Crippen LogP contribution in [0.4, 0.5) is 5.69 Å². The number of nitrogen functional groups attached to an aromatic ring is 1. The van der Waals surface area contributed by atoms with Crippen LogP contribution in [0.25, 0.3) is 0 Å². The van der Waals surface area contributed by atoms with Crippen molar-refractivity contribution < 1.29 is 0 Å². The van der Waals surface area contributed by atoms with Crippen LogP contribution >= 0.6 is 11.3 Å². The first-order valence-electron chi connectivity index (χ1n) is 6.89. The summed E-state index contributed by atoms with van der Waals surface area (Å²) in [4.78, 5) is 15.4. The van der Waals surface area contributed by atoms with E-state index in [-0.39, 0.29) is 5.56 Å². The van der Waals surface area contributed by atoms with E-state index >= 15 is 0 Å². The molecule has 108 valence electrons. The van der Waals surface area contributed by atoms with Crippen molar-refractivity contribution in [2.75, 3.05) is 18.8 Å². The number of pyridine rings is 1. The quantitative estimate of drug-likeness (QED) is 0.852. The molecule has 0 spiro atoms. The Morgan fingerprint density at radius 3 is 2.90 bits per heavy atom. The molecule has 2 N–H and O–H groups in total. The second-order valence-electron chi connectivity index (χ2n) is 4.80. The minimum absolute atomic E-state index is 0.0144. The highest BCUT2D eigenvalue weighted by Crippen LogP contribution is 2.12. The standard InChI is InChI=1S/C15H21N3OS/c1-2-17(12-14-5-3-10-20-14)8-4-9-18-11-13(16)6-7-15(18)19/h3,5-7,10-11H,2,4,8-9,12,16H2,1H3. The highest BCUT2D eigenvalue weighted by atomic mass is 32.1. The molecule has 4 nitrogen and oxygen atoms in total. The third-order valence-corrected chi connectivity index (χ3v) is 4.15. The van der Waals surface area contributed by atoms with E-state index in [1.54, 1.807) is 28.2 Å². The molecule has 0 atom stereocenters. The molecule has 0 fully saturated rings. The Morgan fingerprint density at radius 1 is 1.35 bits per heavy atom. The summed E-state index contributed by atoms with van der Waals surface area (Å²) in [5.74, 6) is 0. The summed E-state index contributed by atoms with van der Waals surface area (Å²) in [6.45, 7) is 5.87. The van der Waals surface area contributed by atoms with Crippen molar-refractivity contribution >= 4 is 17.0 Å². The van der Waals surface area contributed by atoms with Gasteiger partial charge in [-0.05, 0) is 30.5 Å². The van der Waals surface area contributed by atoms with Crippen molar-refractivity contribution in [1.82, 2.24) is 9.47 Å². The van der Waals surface area contributed by atoms with Crippen LogP contribution in [0.5, 0.6) is 0 Å². The second kappa shape index (κ2) is 7.26. The lowest BCUT2D eigenvalue weighted by Gasteiger charge is -2.19. The number of aryl methyl sites for hydroxylation is 1. The molecule has 0 aliphatic carbocycles. The van der Waals surface area contributed by atoms with Crippen molar-refractivity contribution in [2.45, 2.75) is 26.4 Å². The molecule has 5 heteroatoms. The first-order chi connectivity index (χ1) is 9.69. The number of nitrogens with two attached hydrogens (primary N) is 1. The van der Waals surface area contributed by atoms with Crippen molar-refractivity contribution in [3.05, 3.63) is 51.1 Å². The van der Waals surface area contributed by atoms with Gasteiger partial charge in [-0.15, -0.1) is 11.3 Å². The van der Waals surface area contributed by atoms with Crippen LogP contribution in [0.3, 0.4) is 0 Å². The molecule has 0 aliphatic rings. The maximum absolute atomic E-state index is 11.7. The number of nitrogens with zero attached hydrogens (tertiary/aromatic N) is 2. The Hall–Kier alpha value is -1.59. The molecule has 0 amide bonds. The van der Waals surface area contributed by atoms with Crippen molar-refractivity contribution in [3.63, 3.8) is 0 Å². The highest BCUT2D eigenvalue weighted by molar-refractivity contribution is 7.09. The topological polar surface area (TPSA) is 51.3 Å². The molecule has 0 bridgehead atoms. The van der Waals surface area contributed by atoms with E-state index in [1.165, 1.54) is 10.9 Å². The van der Waals surface area contributed by atoms with Gasteiger partial charge in [-0.25, -0.2) is 0 Å². The molecule has 0 saturated carbocycles. The van der Waals surface area contributed by atoms with Crippen molar-refractivity contribution in [1.29, 1.82) is 0 Å². The van der Waals surface area contributed by atoms with Gasteiger partial charge in [0.15, 0.2) is 0 Å². The summed E-state index contributed by atoms with van der Waals surface area (Å²) in [5.41, 5.74) is 6.36. The van der Waals surface area contributed by atoms with Crippen molar-refractivity contribution in [3.8, 4) is 0 Å². The molecule has 0 radical (unpaired) electrons. The second-order valence-corrected chi connectivity index (χ2v) is 5.83. The summed E-state index contributed by atoms with van der Waals surface area (Å²) < 4.78 is 1.69. The molecular formula is C15H21N3OS. The smallest absolute Gasteiger partial charge is 0.250 e. The van der Waals surface area contributed by atoms with Crippen LogP contribution in [0, 0.1) is 0 Å². The largest absolute Gasteiger partial charge is 0.398 e. The Kier molecular flexibility index (Phi) is 5.38. The van der Waals surface area contributed by atoms with Crippen LogP contribution in [0.15, 0.2) is 40.6 Å². The summed E-state index contributed by atoms with van der Waals surface area (Å²) in [6, 6.07) is 7.42. The van der Waals surface area contributed by atoms with Gasteiger partial charge in [-0.2, -0.15) is 0 Å². The van der Waals surface area contributed by atoms with E-state index in [0.29, 0.717) is 12.2 Å². The molecule has 2 aromatic rings. The molecule has 2 aromatic heterocycles. The molecule has 2 heterocycles. The molecule has 0 aliphatic heterocycles. The Bertz CT molecular complexity index is 577. The van der Waals surface area contributed by atoms with Gasteiger partial charge in [0.2, 0.25) is 0 Å². The van der Waals surface area contributed by atoms with E-state index in [4.69, 9.17) is 5.73 Å². The number of rotatable bonds is 7. The third kappa shape index (κ3) is 4.21. The van der Waals surface area contributed by atoms with Crippen LogP contribution in [0.2, 0.25) is 0 Å². The average molecular weight is 291 g/mol. The van der Waals surface area contributed by atoms with E-state index < -0.39 is 0 Å². The van der Waals surface area contributed by atoms with E-state index in [9.17, 15) is 4.79 Å². The Balaban J connectivity index is 1.84. The van der Waals surface area contributed by atoms with E-state index in [0.717, 1.165) is 26.1 Å². The Labute approximate surface area is 123 Å². The van der Waals surface area contributed by atoms with Crippen LogP contribution < -0.4 is 11.3 Å². The lowest BCUT2D eigenvalue weighted by atomic mass is 10.3. The average Bonchev–Trinajstić information content (AvgIpc) is 2.94. The molecule has 0 unspecified atom stereocenters. The highest BCUT2D eigenvalue weighted by Gasteiger charge is 2.05. The normalized spacial score (nSPS) is 11.1. The van der Waals surface area contributed by atoms with Crippen LogP contribution in [0.1, 0.15) is 18.2 Å². The summed E-state index contributed by atoms with van der Waals surface area (Å²) in [6.07, 6.45) is 2.67. The van der Waals surface area contributed by atoms with E-state index in [2.05, 4.69) is 29.3 Å². The SMILES string of the molecule is CCN(CCCn1cc(N)ccc1=O)Cc1cccs1. The van der Waals surface area contributed by atoms with Gasteiger partial charge in [0, 0.05) is 42.5 Å². The zero-order valence-electron chi connectivity index (χ0n) is 11.8. The lowest BCUT2D eigenvalue weighted by molar-refractivity contribution is 0.272. The maximum atomic E-state index is 11.7. The molecule has 2 rings (SSSR count). The monoisotopic (exact) mass is 291 g/mol. The fourth-order valence-electron chi connectivity index (χ4n) is 2.16. The molecular weight excluding hydrogens is 270 g/mol. The summed E-state index contributed by atoms with van der Waals surface area (Å²) in [5, 5.41) is 2.11. The predicted molar refractivity (Wildman–Crippen MR) is 85.0 cm³/mol. The first kappa shape index (κ1) is 14.8. The minimum atomic E-state index is 0.0144. The number of hydrogen-bond donors (Lipinski definition) is 1. The Morgan fingerprint density at radius 2 is 2.20 bits per heavy atom. The van der Waals surface area contributed by atoms with Crippen molar-refractivity contribution in [2.24, 2.45) is 0 Å². The third-order valence-electron chi connectivity index (χ3n) is 3.29.